The summed E-state index contributed by atoms with van der Waals surface area (Å²) in [6, 6.07) is 20.9. The van der Waals surface area contributed by atoms with Gasteiger partial charge in [-0.05, 0) is 45.1 Å². The van der Waals surface area contributed by atoms with Crippen molar-refractivity contribution in [3.63, 3.8) is 0 Å². The van der Waals surface area contributed by atoms with Crippen LogP contribution in [0.3, 0.4) is 0 Å². The van der Waals surface area contributed by atoms with E-state index in [1.807, 2.05) is 16.8 Å². The van der Waals surface area contributed by atoms with E-state index in [0.717, 1.165) is 50.0 Å². The van der Waals surface area contributed by atoms with Gasteiger partial charge in [-0.15, -0.1) is 16.4 Å². The van der Waals surface area contributed by atoms with Crippen LogP contribution in [0.25, 0.3) is 0 Å². The van der Waals surface area contributed by atoms with E-state index in [-0.39, 0.29) is 6.04 Å². The molecule has 4 aromatic rings. The summed E-state index contributed by atoms with van der Waals surface area (Å²) in [6.45, 7) is 5.74. The van der Waals surface area contributed by atoms with Crippen LogP contribution in [-0.4, -0.2) is 63.0 Å². The monoisotopic (exact) mass is 474 g/mol. The maximum atomic E-state index is 5.54. The summed E-state index contributed by atoms with van der Waals surface area (Å²) in [5.74, 6) is 2.58. The zero-order valence-electron chi connectivity index (χ0n) is 18.8. The van der Waals surface area contributed by atoms with Gasteiger partial charge in [0.2, 0.25) is 6.79 Å². The summed E-state index contributed by atoms with van der Waals surface area (Å²) >= 11 is 1.76. The summed E-state index contributed by atoms with van der Waals surface area (Å²) < 4.78 is 12.9. The molecule has 34 heavy (non-hydrogen) atoms. The van der Waals surface area contributed by atoms with E-state index in [4.69, 9.17) is 9.47 Å². The molecule has 8 nitrogen and oxygen atoms in total. The third-order valence-electron chi connectivity index (χ3n) is 6.41. The van der Waals surface area contributed by atoms with Gasteiger partial charge < -0.3 is 9.47 Å². The Hall–Kier alpha value is -3.27. The van der Waals surface area contributed by atoms with Crippen molar-refractivity contribution in [3.8, 4) is 11.5 Å². The number of fused-ring (bicyclic) bond motifs is 1. The molecular weight excluding hydrogens is 448 g/mol. The Morgan fingerprint density at radius 2 is 1.71 bits per heavy atom. The van der Waals surface area contributed by atoms with Gasteiger partial charge in [0.05, 0.1) is 6.54 Å². The van der Waals surface area contributed by atoms with Crippen molar-refractivity contribution in [1.82, 2.24) is 30.0 Å². The fraction of sp³-hybridized carbons (Fsp3) is 0.320. The molecule has 2 aliphatic rings. The normalized spacial score (nSPS) is 17.2. The van der Waals surface area contributed by atoms with E-state index in [0.29, 0.717) is 13.3 Å². The van der Waals surface area contributed by atoms with Gasteiger partial charge in [-0.2, -0.15) is 0 Å². The molecule has 6 rings (SSSR count). The van der Waals surface area contributed by atoms with Crippen LogP contribution >= 0.6 is 11.3 Å². The second-order valence-corrected chi connectivity index (χ2v) is 9.58. The molecule has 0 amide bonds. The van der Waals surface area contributed by atoms with E-state index >= 15 is 0 Å². The Kier molecular flexibility index (Phi) is 5.97. The fourth-order valence-corrected chi connectivity index (χ4v) is 5.53. The number of aromatic nitrogens is 4. The number of tetrazole rings is 1. The third-order valence-corrected chi connectivity index (χ3v) is 7.33. The Morgan fingerprint density at radius 1 is 0.853 bits per heavy atom. The van der Waals surface area contributed by atoms with Gasteiger partial charge >= 0.3 is 0 Å². The molecule has 174 valence electrons. The second kappa shape index (κ2) is 9.54. The molecule has 0 N–H and O–H groups in total. The number of hydrogen-bond acceptors (Lipinski definition) is 8. The first-order valence-electron chi connectivity index (χ1n) is 11.5. The minimum absolute atomic E-state index is 0.0476. The number of ether oxygens (including phenoxy) is 2. The first-order chi connectivity index (χ1) is 16.8. The number of rotatable bonds is 7. The van der Waals surface area contributed by atoms with Crippen LogP contribution in [0.4, 0.5) is 0 Å². The van der Waals surface area contributed by atoms with Crippen LogP contribution in [0, 0.1) is 0 Å². The van der Waals surface area contributed by atoms with Crippen molar-refractivity contribution >= 4 is 11.3 Å². The molecule has 4 heterocycles. The van der Waals surface area contributed by atoms with Gasteiger partial charge in [0, 0.05) is 37.6 Å². The van der Waals surface area contributed by atoms with E-state index in [1.165, 1.54) is 16.0 Å². The van der Waals surface area contributed by atoms with Crippen LogP contribution in [-0.2, 0) is 13.1 Å². The molecule has 0 bridgehead atoms. The van der Waals surface area contributed by atoms with Gasteiger partial charge in [0.15, 0.2) is 17.3 Å². The van der Waals surface area contributed by atoms with Crippen molar-refractivity contribution in [1.29, 1.82) is 0 Å². The SMILES string of the molecule is c1ccc(Cn2nnnc2[C@H](c2cccs2)N2CCN(Cc3ccc4c(c3)OCO4)CC2)cc1. The molecule has 0 saturated carbocycles. The van der Waals surface area contributed by atoms with E-state index in [9.17, 15) is 0 Å². The van der Waals surface area contributed by atoms with Crippen molar-refractivity contribution in [2.45, 2.75) is 19.1 Å². The molecule has 0 aliphatic carbocycles. The zero-order valence-corrected chi connectivity index (χ0v) is 19.6. The molecule has 2 aromatic carbocycles. The zero-order chi connectivity index (χ0) is 22.7. The molecule has 1 saturated heterocycles. The van der Waals surface area contributed by atoms with Crippen LogP contribution in [0.2, 0.25) is 0 Å². The minimum atomic E-state index is 0.0476. The third kappa shape index (κ3) is 4.42. The van der Waals surface area contributed by atoms with Crippen molar-refractivity contribution in [2.75, 3.05) is 33.0 Å². The molecule has 1 fully saturated rings. The predicted octanol–water partition coefficient (Wildman–Crippen LogP) is 3.42. The molecule has 1 atom stereocenters. The van der Waals surface area contributed by atoms with E-state index in [2.05, 4.69) is 79.2 Å². The molecule has 0 spiro atoms. The number of benzene rings is 2. The lowest BCUT2D eigenvalue weighted by Crippen LogP contribution is -2.47. The first kappa shape index (κ1) is 21.3. The summed E-state index contributed by atoms with van der Waals surface area (Å²) in [4.78, 5) is 6.27. The molecule has 2 aliphatic heterocycles. The number of thiophene rings is 1. The quantitative estimate of drug-likeness (QED) is 0.407. The van der Waals surface area contributed by atoms with E-state index in [1.54, 1.807) is 11.3 Å². The topological polar surface area (TPSA) is 68.5 Å². The molecule has 0 radical (unpaired) electrons. The lowest BCUT2D eigenvalue weighted by molar-refractivity contribution is 0.101. The highest BCUT2D eigenvalue weighted by Crippen LogP contribution is 2.34. The summed E-state index contributed by atoms with van der Waals surface area (Å²) in [6.07, 6.45) is 0. The average molecular weight is 475 g/mol. The summed E-state index contributed by atoms with van der Waals surface area (Å²) in [7, 11) is 0. The maximum absolute atomic E-state index is 5.54. The smallest absolute Gasteiger partial charge is 0.231 e. The van der Waals surface area contributed by atoms with Crippen LogP contribution in [0.15, 0.2) is 66.0 Å². The van der Waals surface area contributed by atoms with E-state index < -0.39 is 0 Å². The van der Waals surface area contributed by atoms with Gasteiger partial charge in [0.25, 0.3) is 0 Å². The lowest BCUT2D eigenvalue weighted by atomic mass is 10.1. The average Bonchev–Trinajstić information content (AvgIpc) is 3.64. The number of hydrogen-bond donors (Lipinski definition) is 0. The largest absolute Gasteiger partial charge is 0.454 e. The van der Waals surface area contributed by atoms with Crippen LogP contribution in [0.5, 0.6) is 11.5 Å². The fourth-order valence-electron chi connectivity index (χ4n) is 4.67. The maximum Gasteiger partial charge on any atom is 0.231 e. The summed E-state index contributed by atoms with van der Waals surface area (Å²) in [5.41, 5.74) is 2.44. The molecule has 2 aromatic heterocycles. The van der Waals surface area contributed by atoms with Gasteiger partial charge in [0.1, 0.15) is 6.04 Å². The number of nitrogens with zero attached hydrogens (tertiary/aromatic N) is 6. The van der Waals surface area contributed by atoms with Crippen LogP contribution < -0.4 is 9.47 Å². The van der Waals surface area contributed by atoms with Gasteiger partial charge in [-0.3, -0.25) is 9.80 Å². The Bertz CT molecular complexity index is 1220. The lowest BCUT2D eigenvalue weighted by Gasteiger charge is -2.38. The first-order valence-corrected chi connectivity index (χ1v) is 12.4. The Labute approximate surface area is 202 Å². The molecule has 9 heteroatoms. The summed E-state index contributed by atoms with van der Waals surface area (Å²) in [5, 5.41) is 15.0. The molecule has 0 unspecified atom stereocenters. The van der Waals surface area contributed by atoms with Crippen molar-refractivity contribution in [2.24, 2.45) is 0 Å². The highest BCUT2D eigenvalue weighted by Gasteiger charge is 2.31. The van der Waals surface area contributed by atoms with Crippen molar-refractivity contribution in [3.05, 3.63) is 87.9 Å². The van der Waals surface area contributed by atoms with Gasteiger partial charge in [-0.25, -0.2) is 4.68 Å². The highest BCUT2D eigenvalue weighted by molar-refractivity contribution is 7.10. The minimum Gasteiger partial charge on any atom is -0.454 e. The Morgan fingerprint density at radius 3 is 2.53 bits per heavy atom. The predicted molar refractivity (Wildman–Crippen MR) is 129 cm³/mol. The van der Waals surface area contributed by atoms with Gasteiger partial charge in [-0.1, -0.05) is 42.5 Å². The Balaban J connectivity index is 1.17. The van der Waals surface area contributed by atoms with Crippen molar-refractivity contribution < 1.29 is 9.47 Å². The second-order valence-electron chi connectivity index (χ2n) is 8.60. The number of piperazine rings is 1. The van der Waals surface area contributed by atoms with Crippen LogP contribution in [0.1, 0.15) is 27.9 Å². The highest BCUT2D eigenvalue weighted by atomic mass is 32.1. The standard InChI is InChI=1S/C25H26N6O2S/c1-2-5-19(6-3-1)17-31-25(26-27-28-31)24(23-7-4-14-34-23)30-12-10-29(11-13-30)16-20-8-9-21-22(15-20)33-18-32-21/h1-9,14-15,24H,10-13,16-18H2/t24-/m0/s1. The molecular formula is C25H26N6O2S.